The third kappa shape index (κ3) is 3.36. The predicted molar refractivity (Wildman–Crippen MR) is 92.0 cm³/mol. The highest BCUT2D eigenvalue weighted by Gasteiger charge is 2.30. The normalized spacial score (nSPS) is 16.8. The van der Waals surface area contributed by atoms with Crippen LogP contribution in [0, 0.1) is 5.82 Å². The first-order chi connectivity index (χ1) is 12.4. The van der Waals surface area contributed by atoms with Crippen molar-refractivity contribution in [3.05, 3.63) is 58.4 Å². The lowest BCUT2D eigenvalue weighted by Gasteiger charge is -2.34. The molecule has 0 amide bonds. The van der Waals surface area contributed by atoms with Crippen LogP contribution in [0.1, 0.15) is 33.2 Å². The summed E-state index contributed by atoms with van der Waals surface area (Å²) in [5.74, 6) is -0.534. The van der Waals surface area contributed by atoms with Crippen molar-refractivity contribution in [3.63, 3.8) is 0 Å². The minimum atomic E-state index is -1.17. The van der Waals surface area contributed by atoms with Gasteiger partial charge in [-0.05, 0) is 24.3 Å². The Balaban J connectivity index is 1.88. The summed E-state index contributed by atoms with van der Waals surface area (Å²) < 4.78 is 25.0. The molecule has 0 fully saturated rings. The van der Waals surface area contributed by atoms with Crippen LogP contribution in [0.2, 0.25) is 0 Å². The van der Waals surface area contributed by atoms with Gasteiger partial charge in [0, 0.05) is 36.3 Å². The second-order valence-corrected chi connectivity index (χ2v) is 6.16. The van der Waals surface area contributed by atoms with Crippen molar-refractivity contribution in [1.29, 1.82) is 0 Å². The number of carboxylic acids is 1. The lowest BCUT2D eigenvalue weighted by Crippen LogP contribution is -2.34. The Kier molecular flexibility index (Phi) is 5.11. The van der Waals surface area contributed by atoms with E-state index in [9.17, 15) is 14.3 Å². The van der Waals surface area contributed by atoms with Crippen LogP contribution in [0.3, 0.4) is 0 Å². The molecular weight excluding hydrogens is 341 g/mol. The van der Waals surface area contributed by atoms with E-state index < -0.39 is 17.9 Å². The molecule has 3 rings (SSSR count). The SMILES string of the molecule is COc1ccc(OC)c2c1CN(Cc1ccc(C(=O)O)cc1F)CC2O. The number of carboxylic acid groups (broad SMARTS) is 1. The summed E-state index contributed by atoms with van der Waals surface area (Å²) in [6.45, 7) is 0.992. The van der Waals surface area contributed by atoms with Crippen molar-refractivity contribution in [2.24, 2.45) is 0 Å². The number of fused-ring (bicyclic) bond motifs is 1. The summed E-state index contributed by atoms with van der Waals surface area (Å²) in [5.41, 5.74) is 1.76. The molecule has 0 spiro atoms. The fraction of sp³-hybridized carbons (Fsp3) is 0.316. The Labute approximate surface area is 150 Å². The predicted octanol–water partition coefficient (Wildman–Crippen LogP) is 2.59. The number of hydrogen-bond donors (Lipinski definition) is 2. The molecule has 7 heteroatoms. The number of carbonyl (C=O) groups is 1. The van der Waals surface area contributed by atoms with Gasteiger partial charge in [-0.25, -0.2) is 9.18 Å². The number of rotatable bonds is 5. The second kappa shape index (κ2) is 7.31. The average Bonchev–Trinajstić information content (AvgIpc) is 2.62. The molecule has 2 aromatic rings. The molecule has 2 N–H and O–H groups in total. The summed E-state index contributed by atoms with van der Waals surface area (Å²) in [4.78, 5) is 12.8. The molecule has 0 saturated carbocycles. The largest absolute Gasteiger partial charge is 0.496 e. The number of ether oxygens (including phenoxy) is 2. The van der Waals surface area contributed by atoms with Gasteiger partial charge in [0.25, 0.3) is 0 Å². The number of aliphatic hydroxyl groups excluding tert-OH is 1. The van der Waals surface area contributed by atoms with Crippen molar-refractivity contribution in [2.75, 3.05) is 20.8 Å². The molecule has 1 unspecified atom stereocenters. The standard InChI is InChI=1S/C19H20FNO5/c1-25-16-5-6-17(26-2)18-13(16)9-21(10-15(18)22)8-12-4-3-11(19(23)24)7-14(12)20/h3-7,15,22H,8-10H2,1-2H3,(H,23,24). The van der Waals surface area contributed by atoms with E-state index in [0.29, 0.717) is 35.7 Å². The van der Waals surface area contributed by atoms with Gasteiger partial charge in [-0.2, -0.15) is 0 Å². The monoisotopic (exact) mass is 361 g/mol. The topological polar surface area (TPSA) is 79.2 Å². The molecule has 0 radical (unpaired) electrons. The van der Waals surface area contributed by atoms with Gasteiger partial charge in [0.05, 0.1) is 25.9 Å². The molecule has 2 aromatic carbocycles. The second-order valence-electron chi connectivity index (χ2n) is 6.16. The van der Waals surface area contributed by atoms with Crippen LogP contribution in [0.4, 0.5) is 4.39 Å². The van der Waals surface area contributed by atoms with E-state index in [1.165, 1.54) is 12.1 Å². The first-order valence-electron chi connectivity index (χ1n) is 8.10. The summed E-state index contributed by atoms with van der Waals surface area (Å²) in [5, 5.41) is 19.5. The van der Waals surface area contributed by atoms with Gasteiger partial charge in [0.2, 0.25) is 0 Å². The van der Waals surface area contributed by atoms with Crippen molar-refractivity contribution in [3.8, 4) is 11.5 Å². The number of nitrogens with zero attached hydrogens (tertiary/aromatic N) is 1. The van der Waals surface area contributed by atoms with Crippen LogP contribution < -0.4 is 9.47 Å². The molecule has 1 aliphatic heterocycles. The molecule has 6 nitrogen and oxygen atoms in total. The van der Waals surface area contributed by atoms with E-state index in [0.717, 1.165) is 11.6 Å². The highest BCUT2D eigenvalue weighted by atomic mass is 19.1. The number of methoxy groups -OCH3 is 2. The van der Waals surface area contributed by atoms with E-state index in [2.05, 4.69) is 0 Å². The van der Waals surface area contributed by atoms with E-state index in [-0.39, 0.29) is 12.1 Å². The Morgan fingerprint density at radius 1 is 1.23 bits per heavy atom. The van der Waals surface area contributed by atoms with Gasteiger partial charge in [0.15, 0.2) is 0 Å². The summed E-state index contributed by atoms with van der Waals surface area (Å²) >= 11 is 0. The van der Waals surface area contributed by atoms with Crippen LogP contribution in [-0.2, 0) is 13.1 Å². The van der Waals surface area contributed by atoms with Gasteiger partial charge in [-0.15, -0.1) is 0 Å². The molecule has 26 heavy (non-hydrogen) atoms. The van der Waals surface area contributed by atoms with E-state index in [4.69, 9.17) is 14.6 Å². The quantitative estimate of drug-likeness (QED) is 0.852. The minimum absolute atomic E-state index is 0.0957. The Bertz CT molecular complexity index is 839. The van der Waals surface area contributed by atoms with Crippen LogP contribution >= 0.6 is 0 Å². The van der Waals surface area contributed by atoms with E-state index >= 15 is 0 Å². The summed E-state index contributed by atoms with van der Waals surface area (Å²) in [6.07, 6.45) is -0.801. The molecule has 1 aliphatic rings. The number of hydrogen-bond acceptors (Lipinski definition) is 5. The highest BCUT2D eigenvalue weighted by molar-refractivity contribution is 5.87. The minimum Gasteiger partial charge on any atom is -0.496 e. The zero-order valence-corrected chi connectivity index (χ0v) is 14.5. The summed E-state index contributed by atoms with van der Waals surface area (Å²) in [7, 11) is 3.10. The fourth-order valence-electron chi connectivity index (χ4n) is 3.31. The van der Waals surface area contributed by atoms with Crippen molar-refractivity contribution in [1.82, 2.24) is 4.90 Å². The van der Waals surface area contributed by atoms with E-state index in [1.807, 2.05) is 4.90 Å². The Morgan fingerprint density at radius 3 is 2.54 bits per heavy atom. The van der Waals surface area contributed by atoms with Gasteiger partial charge in [0.1, 0.15) is 17.3 Å². The fourth-order valence-corrected chi connectivity index (χ4v) is 3.31. The maximum absolute atomic E-state index is 14.2. The number of aliphatic hydroxyl groups is 1. The third-order valence-corrected chi connectivity index (χ3v) is 4.55. The van der Waals surface area contributed by atoms with Crippen molar-refractivity contribution < 1.29 is 28.9 Å². The maximum atomic E-state index is 14.2. The molecule has 0 bridgehead atoms. The zero-order chi connectivity index (χ0) is 18.8. The van der Waals surface area contributed by atoms with Gasteiger partial charge in [-0.3, -0.25) is 4.90 Å². The van der Waals surface area contributed by atoms with Crippen molar-refractivity contribution in [2.45, 2.75) is 19.2 Å². The summed E-state index contributed by atoms with van der Waals surface area (Å²) in [6, 6.07) is 7.37. The molecule has 0 saturated heterocycles. The maximum Gasteiger partial charge on any atom is 0.335 e. The van der Waals surface area contributed by atoms with Crippen LogP contribution in [0.5, 0.6) is 11.5 Å². The van der Waals surface area contributed by atoms with E-state index in [1.54, 1.807) is 26.4 Å². The van der Waals surface area contributed by atoms with Gasteiger partial charge in [-0.1, -0.05) is 6.07 Å². The molecule has 1 heterocycles. The number of halogens is 1. The van der Waals surface area contributed by atoms with Crippen LogP contribution in [0.15, 0.2) is 30.3 Å². The highest BCUT2D eigenvalue weighted by Crippen LogP contribution is 2.39. The van der Waals surface area contributed by atoms with Crippen molar-refractivity contribution >= 4 is 5.97 Å². The molecule has 0 aromatic heterocycles. The zero-order valence-electron chi connectivity index (χ0n) is 14.5. The first kappa shape index (κ1) is 18.2. The first-order valence-corrected chi connectivity index (χ1v) is 8.10. The average molecular weight is 361 g/mol. The molecule has 138 valence electrons. The number of benzene rings is 2. The molecular formula is C19H20FNO5. The van der Waals surface area contributed by atoms with Crippen LogP contribution in [-0.4, -0.2) is 41.8 Å². The van der Waals surface area contributed by atoms with Gasteiger partial charge < -0.3 is 19.7 Å². The Hall–Kier alpha value is -2.64. The molecule has 1 atom stereocenters. The smallest absolute Gasteiger partial charge is 0.335 e. The lowest BCUT2D eigenvalue weighted by atomic mass is 9.94. The lowest BCUT2D eigenvalue weighted by molar-refractivity contribution is 0.0696. The number of aromatic carboxylic acids is 1. The molecule has 0 aliphatic carbocycles. The number of β-amino-alcohol motifs (C(OH)–C–C–N with tert-alkyl or cyclic N) is 1. The third-order valence-electron chi connectivity index (χ3n) is 4.55. The van der Waals surface area contributed by atoms with Crippen LogP contribution in [0.25, 0.3) is 0 Å². The van der Waals surface area contributed by atoms with Gasteiger partial charge >= 0.3 is 5.97 Å². The Morgan fingerprint density at radius 2 is 1.92 bits per heavy atom.